The number of hydrogen-bond donors (Lipinski definition) is 3. The molecule has 0 unspecified atom stereocenters. The van der Waals surface area contributed by atoms with Crippen molar-refractivity contribution in [3.8, 4) is 0 Å². The van der Waals surface area contributed by atoms with E-state index in [2.05, 4.69) is 0 Å². The van der Waals surface area contributed by atoms with Gasteiger partial charge in [-0.1, -0.05) is 29.8 Å². The van der Waals surface area contributed by atoms with Gasteiger partial charge in [0.2, 0.25) is 0 Å². The third-order valence-electron chi connectivity index (χ3n) is 2.81. The molecule has 0 radical (unpaired) electrons. The average Bonchev–Trinajstić information content (AvgIpc) is 2.30. The van der Waals surface area contributed by atoms with E-state index in [1.807, 2.05) is 31.2 Å². The maximum atomic E-state index is 11.1. The van der Waals surface area contributed by atoms with Gasteiger partial charge in [0.25, 0.3) is 0 Å². The minimum absolute atomic E-state index is 0.0709. The van der Waals surface area contributed by atoms with Gasteiger partial charge in [-0.3, -0.25) is 9.59 Å². The zero-order valence-corrected chi connectivity index (χ0v) is 10.2. The number of carboxylic acids is 2. The minimum atomic E-state index is -1.18. The van der Waals surface area contributed by atoms with E-state index in [0.717, 1.165) is 11.1 Å². The smallest absolute Gasteiger partial charge is 0.320 e. The van der Waals surface area contributed by atoms with Crippen molar-refractivity contribution in [2.24, 2.45) is 11.7 Å². The van der Waals surface area contributed by atoms with Crippen LogP contribution in [0.4, 0.5) is 0 Å². The molecule has 1 aromatic carbocycles. The second-order valence-corrected chi connectivity index (χ2v) is 4.41. The van der Waals surface area contributed by atoms with Gasteiger partial charge in [0.15, 0.2) is 0 Å². The van der Waals surface area contributed by atoms with Gasteiger partial charge in [-0.15, -0.1) is 0 Å². The molecule has 4 N–H and O–H groups in total. The number of hydrogen-bond acceptors (Lipinski definition) is 3. The fourth-order valence-corrected chi connectivity index (χ4v) is 1.69. The summed E-state index contributed by atoms with van der Waals surface area (Å²) in [5.74, 6) is -2.98. The van der Waals surface area contributed by atoms with E-state index in [0.29, 0.717) is 0 Å². The fraction of sp³-hybridized carbons (Fsp3) is 0.385. The monoisotopic (exact) mass is 251 g/mol. The summed E-state index contributed by atoms with van der Waals surface area (Å²) < 4.78 is 0. The molecule has 0 bridgehead atoms. The fourth-order valence-electron chi connectivity index (χ4n) is 1.69. The highest BCUT2D eigenvalue weighted by Crippen LogP contribution is 2.15. The molecule has 0 saturated carbocycles. The molecule has 0 aliphatic heterocycles. The molecular formula is C13H17NO4. The molecule has 1 rings (SSSR count). The first-order valence-electron chi connectivity index (χ1n) is 5.67. The number of benzene rings is 1. The lowest BCUT2D eigenvalue weighted by Gasteiger charge is -2.15. The van der Waals surface area contributed by atoms with Crippen LogP contribution in [0.3, 0.4) is 0 Å². The molecule has 0 amide bonds. The van der Waals surface area contributed by atoms with Crippen LogP contribution in [0.5, 0.6) is 0 Å². The van der Waals surface area contributed by atoms with E-state index in [4.69, 9.17) is 15.9 Å². The molecule has 0 heterocycles. The third-order valence-corrected chi connectivity index (χ3v) is 2.81. The zero-order valence-electron chi connectivity index (χ0n) is 10.2. The highest BCUT2D eigenvalue weighted by Gasteiger charge is 2.24. The van der Waals surface area contributed by atoms with Crippen molar-refractivity contribution in [2.75, 3.05) is 0 Å². The molecule has 98 valence electrons. The van der Waals surface area contributed by atoms with Crippen molar-refractivity contribution >= 4 is 11.9 Å². The molecule has 0 saturated heterocycles. The SMILES string of the molecule is Cc1ccc(C[C@@H](C[C@H](N)C(=O)O)C(=O)O)cc1. The predicted molar refractivity (Wildman–Crippen MR) is 66.2 cm³/mol. The number of carbonyl (C=O) groups is 2. The van der Waals surface area contributed by atoms with Crippen molar-refractivity contribution in [3.63, 3.8) is 0 Å². The molecule has 5 nitrogen and oxygen atoms in total. The number of nitrogens with two attached hydrogens (primary N) is 1. The number of aliphatic carboxylic acids is 2. The van der Waals surface area contributed by atoms with E-state index in [9.17, 15) is 9.59 Å². The Bertz CT molecular complexity index is 427. The van der Waals surface area contributed by atoms with Crippen molar-refractivity contribution in [1.29, 1.82) is 0 Å². The highest BCUT2D eigenvalue weighted by molar-refractivity contribution is 5.76. The number of aryl methyl sites for hydroxylation is 1. The third kappa shape index (κ3) is 4.18. The van der Waals surface area contributed by atoms with E-state index in [1.165, 1.54) is 0 Å². The van der Waals surface area contributed by atoms with Crippen LogP contribution in [0.25, 0.3) is 0 Å². The van der Waals surface area contributed by atoms with Crippen LogP contribution in [-0.2, 0) is 16.0 Å². The number of rotatable bonds is 6. The lowest BCUT2D eigenvalue weighted by molar-refractivity contribution is -0.143. The Morgan fingerprint density at radius 3 is 2.17 bits per heavy atom. The van der Waals surface area contributed by atoms with Crippen molar-refractivity contribution in [1.82, 2.24) is 0 Å². The van der Waals surface area contributed by atoms with E-state index < -0.39 is 23.9 Å². The molecule has 1 aromatic rings. The van der Waals surface area contributed by atoms with Gasteiger partial charge in [-0.25, -0.2) is 0 Å². The second-order valence-electron chi connectivity index (χ2n) is 4.41. The molecule has 5 heteroatoms. The first kappa shape index (κ1) is 14.2. The Kier molecular flexibility index (Phi) is 4.85. The summed E-state index contributed by atoms with van der Waals surface area (Å²) in [4.78, 5) is 21.7. The maximum absolute atomic E-state index is 11.1. The van der Waals surface area contributed by atoms with Crippen molar-refractivity contribution < 1.29 is 19.8 Å². The summed E-state index contributed by atoms with van der Waals surface area (Å²) in [5.41, 5.74) is 7.33. The van der Waals surface area contributed by atoms with E-state index in [1.54, 1.807) is 0 Å². The zero-order chi connectivity index (χ0) is 13.7. The Hall–Kier alpha value is -1.88. The lowest BCUT2D eigenvalue weighted by Crippen LogP contribution is -2.35. The summed E-state index contributed by atoms with van der Waals surface area (Å²) >= 11 is 0. The quantitative estimate of drug-likeness (QED) is 0.701. The van der Waals surface area contributed by atoms with Gasteiger partial charge in [0, 0.05) is 0 Å². The standard InChI is InChI=1S/C13H17NO4/c1-8-2-4-9(5-3-8)6-10(12(15)16)7-11(14)13(17)18/h2-5,10-11H,6-7,14H2,1H3,(H,15,16)(H,17,18)/t10-,11-/m0/s1. The summed E-state index contributed by atoms with van der Waals surface area (Å²) in [5, 5.41) is 17.8. The summed E-state index contributed by atoms with van der Waals surface area (Å²) in [7, 11) is 0. The molecular weight excluding hydrogens is 234 g/mol. The van der Waals surface area contributed by atoms with Gasteiger partial charge in [-0.2, -0.15) is 0 Å². The Morgan fingerprint density at radius 2 is 1.72 bits per heavy atom. The molecule has 0 spiro atoms. The van der Waals surface area contributed by atoms with Crippen LogP contribution in [0.2, 0.25) is 0 Å². The molecule has 0 aromatic heterocycles. The summed E-state index contributed by atoms with van der Waals surface area (Å²) in [6, 6.07) is 6.34. The highest BCUT2D eigenvalue weighted by atomic mass is 16.4. The van der Waals surface area contributed by atoms with Crippen LogP contribution in [0.15, 0.2) is 24.3 Å². The van der Waals surface area contributed by atoms with Crippen LogP contribution < -0.4 is 5.73 Å². The van der Waals surface area contributed by atoms with Gasteiger partial charge >= 0.3 is 11.9 Å². The minimum Gasteiger partial charge on any atom is -0.481 e. The first-order chi connectivity index (χ1) is 8.40. The van der Waals surface area contributed by atoms with E-state index >= 15 is 0 Å². The van der Waals surface area contributed by atoms with Gasteiger partial charge in [-0.05, 0) is 25.3 Å². The molecule has 0 aliphatic carbocycles. The van der Waals surface area contributed by atoms with Crippen LogP contribution in [0.1, 0.15) is 17.5 Å². The Balaban J connectivity index is 2.71. The van der Waals surface area contributed by atoms with Gasteiger partial charge in [0.05, 0.1) is 5.92 Å². The maximum Gasteiger partial charge on any atom is 0.320 e. The molecule has 18 heavy (non-hydrogen) atoms. The Morgan fingerprint density at radius 1 is 1.17 bits per heavy atom. The van der Waals surface area contributed by atoms with Crippen LogP contribution in [0, 0.1) is 12.8 Å². The lowest BCUT2D eigenvalue weighted by atomic mass is 9.93. The van der Waals surface area contributed by atoms with Gasteiger partial charge in [0.1, 0.15) is 6.04 Å². The number of carboxylic acid groups (broad SMARTS) is 2. The second kappa shape index (κ2) is 6.16. The average molecular weight is 251 g/mol. The first-order valence-corrected chi connectivity index (χ1v) is 5.67. The normalized spacial score (nSPS) is 13.9. The van der Waals surface area contributed by atoms with Crippen LogP contribution in [-0.4, -0.2) is 28.2 Å². The van der Waals surface area contributed by atoms with Crippen molar-refractivity contribution in [3.05, 3.63) is 35.4 Å². The van der Waals surface area contributed by atoms with Gasteiger partial charge < -0.3 is 15.9 Å². The topological polar surface area (TPSA) is 101 Å². The van der Waals surface area contributed by atoms with Crippen LogP contribution >= 0.6 is 0 Å². The van der Waals surface area contributed by atoms with Crippen molar-refractivity contribution in [2.45, 2.75) is 25.8 Å². The largest absolute Gasteiger partial charge is 0.481 e. The van der Waals surface area contributed by atoms with E-state index in [-0.39, 0.29) is 12.8 Å². The Labute approximate surface area is 105 Å². The molecule has 0 aliphatic rings. The summed E-state index contributed by atoms with van der Waals surface area (Å²) in [6.07, 6.45) is 0.217. The molecule has 0 fully saturated rings. The summed E-state index contributed by atoms with van der Waals surface area (Å²) in [6.45, 7) is 1.94. The predicted octanol–water partition coefficient (Wildman–Crippen LogP) is 1.04. The molecule has 2 atom stereocenters.